The highest BCUT2D eigenvalue weighted by Gasteiger charge is 2.12. The van der Waals surface area contributed by atoms with E-state index in [9.17, 15) is 4.39 Å². The van der Waals surface area contributed by atoms with Crippen LogP contribution in [0, 0.1) is 5.82 Å². The van der Waals surface area contributed by atoms with Crippen molar-refractivity contribution in [1.29, 1.82) is 0 Å². The molecule has 0 saturated carbocycles. The van der Waals surface area contributed by atoms with Gasteiger partial charge in [0.2, 0.25) is 0 Å². The van der Waals surface area contributed by atoms with Crippen LogP contribution in [0.25, 0.3) is 0 Å². The van der Waals surface area contributed by atoms with Gasteiger partial charge in [-0.05, 0) is 30.9 Å². The van der Waals surface area contributed by atoms with Crippen LogP contribution in [-0.4, -0.2) is 25.9 Å². The van der Waals surface area contributed by atoms with Gasteiger partial charge >= 0.3 is 0 Å². The Hall–Kier alpha value is -1.13. The van der Waals surface area contributed by atoms with Crippen LogP contribution in [0.15, 0.2) is 18.2 Å². The summed E-state index contributed by atoms with van der Waals surface area (Å²) in [6, 6.07) is 4.98. The molecular weight excluding hydrogens is 245 g/mol. The Kier molecular flexibility index (Phi) is 7.45. The van der Waals surface area contributed by atoms with E-state index in [4.69, 9.17) is 15.2 Å². The molecule has 1 unspecified atom stereocenters. The van der Waals surface area contributed by atoms with Crippen LogP contribution in [0.4, 0.5) is 4.39 Å². The predicted molar refractivity (Wildman–Crippen MR) is 75.0 cm³/mol. The Morgan fingerprint density at radius 3 is 2.68 bits per heavy atom. The summed E-state index contributed by atoms with van der Waals surface area (Å²) in [6.45, 7) is 5.59. The number of halogens is 1. The molecule has 0 saturated heterocycles. The molecule has 0 aliphatic carbocycles. The molecule has 0 amide bonds. The van der Waals surface area contributed by atoms with E-state index in [2.05, 4.69) is 0 Å². The van der Waals surface area contributed by atoms with E-state index in [1.807, 2.05) is 19.9 Å². The van der Waals surface area contributed by atoms with Crippen LogP contribution in [0.2, 0.25) is 0 Å². The number of hydrogen-bond donors (Lipinski definition) is 1. The summed E-state index contributed by atoms with van der Waals surface area (Å²) in [5.74, 6) is -0.0252. The molecule has 108 valence electrons. The number of rotatable bonds is 9. The van der Waals surface area contributed by atoms with Crippen LogP contribution in [-0.2, 0) is 11.2 Å². The normalized spacial score (nSPS) is 12.4. The fourth-order valence-corrected chi connectivity index (χ4v) is 1.75. The third kappa shape index (κ3) is 5.57. The van der Waals surface area contributed by atoms with E-state index < -0.39 is 0 Å². The van der Waals surface area contributed by atoms with Crippen molar-refractivity contribution in [3.8, 4) is 5.75 Å². The van der Waals surface area contributed by atoms with Crippen LogP contribution >= 0.6 is 0 Å². The van der Waals surface area contributed by atoms with Crippen molar-refractivity contribution in [3.05, 3.63) is 29.6 Å². The van der Waals surface area contributed by atoms with Crippen molar-refractivity contribution in [1.82, 2.24) is 0 Å². The number of nitrogens with two attached hydrogens (primary N) is 1. The molecule has 1 aromatic carbocycles. The average Bonchev–Trinajstić information content (AvgIpc) is 2.41. The Labute approximate surface area is 114 Å². The molecule has 0 fully saturated rings. The lowest BCUT2D eigenvalue weighted by Crippen LogP contribution is -2.22. The van der Waals surface area contributed by atoms with E-state index in [0.717, 1.165) is 18.4 Å². The van der Waals surface area contributed by atoms with Gasteiger partial charge in [0.05, 0.1) is 6.61 Å². The highest BCUT2D eigenvalue weighted by molar-refractivity contribution is 5.35. The Morgan fingerprint density at radius 1 is 1.21 bits per heavy atom. The summed E-state index contributed by atoms with van der Waals surface area (Å²) in [7, 11) is 0. The van der Waals surface area contributed by atoms with E-state index in [1.165, 1.54) is 6.07 Å². The van der Waals surface area contributed by atoms with Crippen molar-refractivity contribution < 1.29 is 13.9 Å². The third-order valence-electron chi connectivity index (χ3n) is 2.88. The van der Waals surface area contributed by atoms with Crippen molar-refractivity contribution in [2.45, 2.75) is 39.2 Å². The first-order chi connectivity index (χ1) is 9.19. The number of hydrogen-bond acceptors (Lipinski definition) is 3. The molecule has 19 heavy (non-hydrogen) atoms. The van der Waals surface area contributed by atoms with Crippen LogP contribution in [0.1, 0.15) is 32.3 Å². The van der Waals surface area contributed by atoms with Crippen LogP contribution in [0.5, 0.6) is 5.75 Å². The fraction of sp³-hybridized carbons (Fsp3) is 0.600. The van der Waals surface area contributed by atoms with E-state index >= 15 is 0 Å². The summed E-state index contributed by atoms with van der Waals surface area (Å²) in [6.07, 6.45) is 2.45. The third-order valence-corrected chi connectivity index (χ3v) is 2.88. The molecule has 0 radical (unpaired) electrons. The van der Waals surface area contributed by atoms with Crippen LogP contribution < -0.4 is 10.5 Å². The molecule has 4 heteroatoms. The van der Waals surface area contributed by atoms with Gasteiger partial charge in [0.15, 0.2) is 11.6 Å². The molecule has 0 spiro atoms. The topological polar surface area (TPSA) is 44.5 Å². The Bertz CT molecular complexity index is 371. The first-order valence-corrected chi connectivity index (χ1v) is 6.92. The maximum Gasteiger partial charge on any atom is 0.165 e. The number of ether oxygens (including phenoxy) is 2. The Morgan fingerprint density at radius 2 is 2.00 bits per heavy atom. The molecule has 0 aromatic heterocycles. The molecule has 1 rings (SSSR count). The zero-order valence-corrected chi connectivity index (χ0v) is 11.8. The second kappa shape index (κ2) is 8.88. The molecule has 2 N–H and O–H groups in total. The standard InChI is InChI=1S/C15H24FNO2/c1-3-8-18-9-10-19-15-12(11-13(17)4-2)6-5-7-14(15)16/h5-7,13H,3-4,8-11,17H2,1-2H3. The van der Waals surface area contributed by atoms with Crippen molar-refractivity contribution in [3.63, 3.8) is 0 Å². The molecule has 0 aliphatic rings. The van der Waals surface area contributed by atoms with Gasteiger partial charge in [-0.2, -0.15) is 0 Å². The van der Waals surface area contributed by atoms with Gasteiger partial charge in [0, 0.05) is 12.6 Å². The molecule has 0 heterocycles. The second-order valence-corrected chi connectivity index (χ2v) is 4.56. The summed E-state index contributed by atoms with van der Waals surface area (Å²) in [5, 5.41) is 0. The number of para-hydroxylation sites is 1. The van der Waals surface area contributed by atoms with Crippen LogP contribution in [0.3, 0.4) is 0 Å². The van der Waals surface area contributed by atoms with E-state index in [0.29, 0.717) is 32.0 Å². The van der Waals surface area contributed by atoms with Gasteiger partial charge in [0.25, 0.3) is 0 Å². The van der Waals surface area contributed by atoms with Crippen molar-refractivity contribution in [2.75, 3.05) is 19.8 Å². The largest absolute Gasteiger partial charge is 0.488 e. The minimum atomic E-state index is -0.337. The minimum absolute atomic E-state index is 0.0282. The number of benzene rings is 1. The molecular formula is C15H24FNO2. The fourth-order valence-electron chi connectivity index (χ4n) is 1.75. The molecule has 1 aromatic rings. The lowest BCUT2D eigenvalue weighted by molar-refractivity contribution is 0.0987. The first-order valence-electron chi connectivity index (χ1n) is 6.92. The summed E-state index contributed by atoms with van der Waals surface area (Å²) in [5.41, 5.74) is 6.74. The average molecular weight is 269 g/mol. The summed E-state index contributed by atoms with van der Waals surface area (Å²) >= 11 is 0. The second-order valence-electron chi connectivity index (χ2n) is 4.56. The molecule has 0 aliphatic heterocycles. The van der Waals surface area contributed by atoms with E-state index in [-0.39, 0.29) is 11.9 Å². The highest BCUT2D eigenvalue weighted by atomic mass is 19.1. The van der Waals surface area contributed by atoms with Crippen molar-refractivity contribution >= 4 is 0 Å². The lowest BCUT2D eigenvalue weighted by atomic mass is 10.0. The first kappa shape index (κ1) is 15.9. The Balaban J connectivity index is 2.59. The molecule has 1 atom stereocenters. The van der Waals surface area contributed by atoms with Crippen molar-refractivity contribution in [2.24, 2.45) is 5.73 Å². The zero-order chi connectivity index (χ0) is 14.1. The molecule has 0 bridgehead atoms. The summed E-state index contributed by atoms with van der Waals surface area (Å²) < 4.78 is 24.6. The maximum absolute atomic E-state index is 13.8. The maximum atomic E-state index is 13.8. The quantitative estimate of drug-likeness (QED) is 0.701. The van der Waals surface area contributed by atoms with Gasteiger partial charge in [-0.15, -0.1) is 0 Å². The van der Waals surface area contributed by atoms with Gasteiger partial charge in [-0.25, -0.2) is 4.39 Å². The predicted octanol–water partition coefficient (Wildman–Crippen LogP) is 2.91. The summed E-state index contributed by atoms with van der Waals surface area (Å²) in [4.78, 5) is 0. The smallest absolute Gasteiger partial charge is 0.165 e. The van der Waals surface area contributed by atoms with Gasteiger partial charge in [0.1, 0.15) is 6.61 Å². The minimum Gasteiger partial charge on any atom is -0.488 e. The van der Waals surface area contributed by atoms with E-state index in [1.54, 1.807) is 6.07 Å². The zero-order valence-electron chi connectivity index (χ0n) is 11.8. The van der Waals surface area contributed by atoms with Gasteiger partial charge in [-0.1, -0.05) is 26.0 Å². The lowest BCUT2D eigenvalue weighted by Gasteiger charge is -2.15. The van der Waals surface area contributed by atoms with Gasteiger partial charge < -0.3 is 15.2 Å². The van der Waals surface area contributed by atoms with Gasteiger partial charge in [-0.3, -0.25) is 0 Å². The SMILES string of the molecule is CCCOCCOc1c(F)cccc1CC(N)CC. The molecule has 3 nitrogen and oxygen atoms in total. The highest BCUT2D eigenvalue weighted by Crippen LogP contribution is 2.24. The monoisotopic (exact) mass is 269 g/mol.